The van der Waals surface area contributed by atoms with Crippen LogP contribution in [0.3, 0.4) is 0 Å². The Balaban J connectivity index is 0.00000136. The number of halogens is 2. The quantitative estimate of drug-likeness (QED) is 0.132. The molecule has 1 atom stereocenters. The van der Waals surface area contributed by atoms with Crippen LogP contribution >= 0.6 is 23.2 Å². The summed E-state index contributed by atoms with van der Waals surface area (Å²) in [6.45, 7) is 4.51. The van der Waals surface area contributed by atoms with Gasteiger partial charge in [0, 0.05) is 18.3 Å². The third kappa shape index (κ3) is 6.19. The fourth-order valence-corrected chi connectivity index (χ4v) is 7.62. The molecule has 0 saturated heterocycles. The predicted octanol–water partition coefficient (Wildman–Crippen LogP) is 12.2. The first-order valence-corrected chi connectivity index (χ1v) is 18.3. The van der Waals surface area contributed by atoms with Crippen LogP contribution in [0.15, 0.2) is 158 Å². The Morgan fingerprint density at radius 1 is 0.654 bits per heavy atom. The number of alkyl halides is 2. The van der Waals surface area contributed by atoms with Crippen LogP contribution in [0.2, 0.25) is 0 Å². The van der Waals surface area contributed by atoms with Crippen molar-refractivity contribution in [2.75, 3.05) is 17.3 Å². The van der Waals surface area contributed by atoms with Crippen LogP contribution in [-0.2, 0) is 5.41 Å². The Labute approximate surface area is 316 Å². The number of hydrogen-bond acceptors (Lipinski definition) is 3. The lowest BCUT2D eigenvalue weighted by molar-refractivity contribution is 0.0582. The lowest BCUT2D eigenvalue weighted by Crippen LogP contribution is -2.58. The fourth-order valence-electron chi connectivity index (χ4n) is 7.62. The van der Waals surface area contributed by atoms with Gasteiger partial charge in [0.1, 0.15) is 5.75 Å². The van der Waals surface area contributed by atoms with Crippen molar-refractivity contribution in [3.63, 3.8) is 0 Å². The summed E-state index contributed by atoms with van der Waals surface area (Å²) in [5.74, 6) is 0.790. The summed E-state index contributed by atoms with van der Waals surface area (Å²) in [4.78, 5) is 2.25. The van der Waals surface area contributed by atoms with Crippen molar-refractivity contribution in [2.45, 2.75) is 25.0 Å². The van der Waals surface area contributed by atoms with Crippen LogP contribution in [0.4, 0.5) is 5.69 Å². The highest BCUT2D eigenvalue weighted by molar-refractivity contribution is 6.40. The Bertz CT molecular complexity index is 2270. The molecule has 0 aromatic heterocycles. The Morgan fingerprint density at radius 3 is 1.67 bits per heavy atom. The highest BCUT2D eigenvalue weighted by Gasteiger charge is 2.57. The Morgan fingerprint density at radius 2 is 1.15 bits per heavy atom. The molecule has 6 aromatic rings. The normalized spacial score (nSPS) is 16.1. The lowest BCUT2D eigenvalue weighted by Gasteiger charge is -2.45. The van der Waals surface area contributed by atoms with Gasteiger partial charge in [0.25, 0.3) is 0 Å². The number of likely N-dealkylation sites (N-methyl/N-ethyl adjacent to an activating group) is 1. The van der Waals surface area contributed by atoms with Crippen LogP contribution in [0.25, 0.3) is 28.3 Å². The molecule has 8 rings (SSSR count). The number of fused-ring (bicyclic) bond motifs is 2. The topological polar surface area (TPSA) is 36.3 Å². The molecule has 5 heteroatoms. The third-order valence-electron chi connectivity index (χ3n) is 10.3. The minimum absolute atomic E-state index is 0.194. The predicted molar refractivity (Wildman–Crippen MR) is 218 cm³/mol. The van der Waals surface area contributed by atoms with Gasteiger partial charge in [0.05, 0.1) is 22.4 Å². The average molecular weight is 718 g/mol. The zero-order chi connectivity index (χ0) is 36.3. The molecule has 2 aliphatic rings. The molecule has 52 heavy (non-hydrogen) atoms. The molecule has 0 fully saturated rings. The first kappa shape index (κ1) is 34.9. The third-order valence-corrected chi connectivity index (χ3v) is 10.3. The molecule has 256 valence electrons. The van der Waals surface area contributed by atoms with Gasteiger partial charge in [-0.05, 0) is 106 Å². The van der Waals surface area contributed by atoms with Crippen molar-refractivity contribution in [3.8, 4) is 22.9 Å². The molecule has 0 aliphatic carbocycles. The highest BCUT2D eigenvalue weighted by Crippen LogP contribution is 2.55. The van der Waals surface area contributed by atoms with Gasteiger partial charge < -0.3 is 9.64 Å². The summed E-state index contributed by atoms with van der Waals surface area (Å²) >= 11 is 9.53. The second kappa shape index (κ2) is 14.6. The summed E-state index contributed by atoms with van der Waals surface area (Å²) < 4.78 is 6.84. The summed E-state index contributed by atoms with van der Waals surface area (Å²) in [7, 11) is 2.11. The SMILES string of the molecule is CN1c2ccc(-c3ccc(C(=C(c4ccccc4)c4ccccc4)c4ccccc4)cc3)cc2C(C)(C)[C@]12C=Cc1cc(C#N)ccc1O2.ClCCl. The minimum Gasteiger partial charge on any atom is -0.463 e. The van der Waals surface area contributed by atoms with Crippen molar-refractivity contribution in [2.24, 2.45) is 0 Å². The summed E-state index contributed by atoms with van der Waals surface area (Å²) in [5, 5.41) is 9.59. The van der Waals surface area contributed by atoms with E-state index in [1.807, 2.05) is 18.2 Å². The van der Waals surface area contributed by atoms with Crippen molar-refractivity contribution >= 4 is 46.1 Å². The van der Waals surface area contributed by atoms with Crippen molar-refractivity contribution < 1.29 is 4.74 Å². The fraction of sp³-hybridized carbons (Fsp3) is 0.128. The zero-order valence-corrected chi connectivity index (χ0v) is 30.9. The van der Waals surface area contributed by atoms with Crippen LogP contribution < -0.4 is 9.64 Å². The van der Waals surface area contributed by atoms with Gasteiger partial charge in [0.15, 0.2) is 0 Å². The van der Waals surface area contributed by atoms with Crippen molar-refractivity contribution in [3.05, 3.63) is 197 Å². The summed E-state index contributed by atoms with van der Waals surface area (Å²) in [5.41, 5.74) is 12.3. The first-order valence-electron chi connectivity index (χ1n) is 17.3. The lowest BCUT2D eigenvalue weighted by atomic mass is 9.75. The molecule has 0 bridgehead atoms. The van der Waals surface area contributed by atoms with E-state index < -0.39 is 5.72 Å². The Hall–Kier alpha value is -5.53. The van der Waals surface area contributed by atoms with Gasteiger partial charge in [0.2, 0.25) is 5.72 Å². The van der Waals surface area contributed by atoms with Crippen LogP contribution in [0.1, 0.15) is 52.8 Å². The Kier molecular flexibility index (Phi) is 9.80. The van der Waals surface area contributed by atoms with Gasteiger partial charge in [-0.3, -0.25) is 0 Å². The highest BCUT2D eigenvalue weighted by atomic mass is 35.5. The minimum atomic E-state index is -0.695. The van der Waals surface area contributed by atoms with Gasteiger partial charge >= 0.3 is 0 Å². The van der Waals surface area contributed by atoms with Crippen molar-refractivity contribution in [1.29, 1.82) is 5.26 Å². The van der Waals surface area contributed by atoms with E-state index in [2.05, 4.69) is 177 Å². The zero-order valence-electron chi connectivity index (χ0n) is 29.4. The van der Waals surface area contributed by atoms with E-state index in [0.29, 0.717) is 5.56 Å². The van der Waals surface area contributed by atoms with E-state index >= 15 is 0 Å². The molecule has 1 spiro atoms. The molecule has 0 N–H and O–H groups in total. The molecule has 0 amide bonds. The van der Waals surface area contributed by atoms with Gasteiger partial charge in [-0.15, -0.1) is 23.2 Å². The number of rotatable bonds is 5. The van der Waals surface area contributed by atoms with E-state index in [-0.39, 0.29) is 10.8 Å². The second-order valence-corrected chi connectivity index (χ2v) is 14.2. The average Bonchev–Trinajstić information content (AvgIpc) is 3.35. The van der Waals surface area contributed by atoms with Crippen LogP contribution in [0, 0.1) is 11.3 Å². The first-order chi connectivity index (χ1) is 25.3. The molecule has 6 aromatic carbocycles. The van der Waals surface area contributed by atoms with Crippen LogP contribution in [-0.4, -0.2) is 18.1 Å². The molecule has 0 unspecified atom stereocenters. The maximum absolute atomic E-state index is 9.40. The van der Waals surface area contributed by atoms with Gasteiger partial charge in [-0.1, -0.05) is 121 Å². The molecule has 0 saturated carbocycles. The van der Waals surface area contributed by atoms with E-state index in [4.69, 9.17) is 27.9 Å². The van der Waals surface area contributed by atoms with E-state index in [1.165, 1.54) is 39.0 Å². The number of nitrogens with zero attached hydrogens (tertiary/aromatic N) is 2. The smallest absolute Gasteiger partial charge is 0.211 e. The summed E-state index contributed by atoms with van der Waals surface area (Å²) in [6.07, 6.45) is 4.25. The van der Waals surface area contributed by atoms with E-state index in [1.54, 1.807) is 0 Å². The molecule has 3 nitrogen and oxygen atoms in total. The number of hydrogen-bond donors (Lipinski definition) is 0. The number of ether oxygens (including phenoxy) is 1. The number of nitriles is 1. The van der Waals surface area contributed by atoms with Crippen molar-refractivity contribution in [1.82, 2.24) is 0 Å². The summed E-state index contributed by atoms with van der Waals surface area (Å²) in [6, 6.07) is 55.7. The maximum atomic E-state index is 9.40. The second-order valence-electron chi connectivity index (χ2n) is 13.4. The molecular formula is C47H38Cl2N2O. The van der Waals surface area contributed by atoms with E-state index in [0.717, 1.165) is 28.1 Å². The van der Waals surface area contributed by atoms with Gasteiger partial charge in [-0.2, -0.15) is 5.26 Å². The largest absolute Gasteiger partial charge is 0.463 e. The van der Waals surface area contributed by atoms with E-state index in [9.17, 15) is 5.26 Å². The molecule has 2 heterocycles. The molecule has 0 radical (unpaired) electrons. The van der Waals surface area contributed by atoms with Gasteiger partial charge in [-0.25, -0.2) is 0 Å². The monoisotopic (exact) mass is 716 g/mol. The number of benzene rings is 6. The van der Waals surface area contributed by atoms with Crippen LogP contribution in [0.5, 0.6) is 5.75 Å². The molecule has 2 aliphatic heterocycles. The number of anilines is 1. The molecular weight excluding hydrogens is 679 g/mol. The maximum Gasteiger partial charge on any atom is 0.211 e. The standard InChI is InChI=1S/C46H36N2O.CH2Cl2/c1-45(2)40-30-38(24-25-41(40)48(3)46(45)28-27-39-29-32(31-47)19-26-42(39)49-46)33-20-22-37(23-21-33)44(36-17-11-6-12-18-36)43(34-13-7-4-8-14-34)35-15-9-5-10-16-35;2-1-3/h4-30H,1-3H3;1H2/t46-;/m1./s1.